The van der Waals surface area contributed by atoms with Crippen LogP contribution in [0.2, 0.25) is 0 Å². The Morgan fingerprint density at radius 3 is 2.58 bits per heavy atom. The van der Waals surface area contributed by atoms with Gasteiger partial charge < -0.3 is 20.7 Å². The predicted octanol–water partition coefficient (Wildman–Crippen LogP) is 3.57. The Morgan fingerprint density at radius 2 is 1.97 bits per heavy atom. The number of nitrogens with zero attached hydrogens (tertiary/aromatic N) is 2. The van der Waals surface area contributed by atoms with Crippen LogP contribution in [0, 0.1) is 0 Å². The van der Waals surface area contributed by atoms with Crippen molar-refractivity contribution in [2.75, 3.05) is 26.7 Å². The van der Waals surface area contributed by atoms with Crippen LogP contribution in [0.15, 0.2) is 53.5 Å². The molecule has 2 aromatic rings. The molecule has 31 heavy (non-hydrogen) atoms. The van der Waals surface area contributed by atoms with E-state index in [4.69, 9.17) is 10.5 Å². The number of guanidine groups is 1. The second-order valence-electron chi connectivity index (χ2n) is 6.89. The van der Waals surface area contributed by atoms with Crippen LogP contribution >= 0.6 is 24.0 Å². The van der Waals surface area contributed by atoms with E-state index in [1.165, 1.54) is 6.07 Å². The smallest absolute Gasteiger partial charge is 0.370 e. The van der Waals surface area contributed by atoms with Gasteiger partial charge in [-0.25, -0.2) is 0 Å². The number of nitrogens with one attached hydrogen (secondary N) is 1. The second-order valence-corrected chi connectivity index (χ2v) is 6.89. The molecule has 1 amide bonds. The number of halogens is 4. The van der Waals surface area contributed by atoms with Gasteiger partial charge in [-0.2, -0.15) is 13.2 Å². The first kappa shape index (κ1) is 24.9. The number of morpholine rings is 1. The van der Waals surface area contributed by atoms with Crippen LogP contribution in [0.5, 0.6) is 0 Å². The molecular weight excluding hydrogens is 524 g/mol. The zero-order valence-corrected chi connectivity index (χ0v) is 19.2. The third-order valence-electron chi connectivity index (χ3n) is 4.85. The molecule has 0 bridgehead atoms. The summed E-state index contributed by atoms with van der Waals surface area (Å²) in [6.07, 6.45) is -4.89. The highest BCUT2D eigenvalue weighted by Gasteiger charge is 2.32. The number of aliphatic imine (C=N–C) groups is 1. The maximum atomic E-state index is 13.0. The summed E-state index contributed by atoms with van der Waals surface area (Å²) in [5.41, 5.74) is 6.40. The lowest BCUT2D eigenvalue weighted by Crippen LogP contribution is -2.48. The van der Waals surface area contributed by atoms with Gasteiger partial charge in [0.2, 0.25) is 5.91 Å². The zero-order valence-electron chi connectivity index (χ0n) is 16.9. The highest BCUT2D eigenvalue weighted by Crippen LogP contribution is 2.32. The first-order chi connectivity index (χ1) is 14.3. The van der Waals surface area contributed by atoms with Crippen molar-refractivity contribution >= 4 is 35.8 Å². The number of primary amides is 1. The van der Waals surface area contributed by atoms with Crippen LogP contribution in [-0.4, -0.2) is 43.5 Å². The molecule has 1 atom stereocenters. The van der Waals surface area contributed by atoms with Crippen molar-refractivity contribution in [1.29, 1.82) is 0 Å². The van der Waals surface area contributed by atoms with E-state index in [0.29, 0.717) is 43.3 Å². The van der Waals surface area contributed by atoms with Gasteiger partial charge in [0, 0.05) is 25.7 Å². The average molecular weight is 548 g/mol. The number of amides is 1. The maximum Gasteiger partial charge on any atom is 0.416 e. The number of hydrogen-bond acceptors (Lipinski definition) is 3. The van der Waals surface area contributed by atoms with E-state index < -0.39 is 23.8 Å². The van der Waals surface area contributed by atoms with E-state index >= 15 is 0 Å². The Kier molecular flexibility index (Phi) is 8.69. The summed E-state index contributed by atoms with van der Waals surface area (Å²) in [6.45, 7) is 1.78. The summed E-state index contributed by atoms with van der Waals surface area (Å²) in [4.78, 5) is 17.4. The zero-order chi connectivity index (χ0) is 21.7. The minimum Gasteiger partial charge on any atom is -0.370 e. The highest BCUT2D eigenvalue weighted by molar-refractivity contribution is 14.0. The van der Waals surface area contributed by atoms with E-state index in [9.17, 15) is 18.0 Å². The minimum absolute atomic E-state index is 0. The normalized spacial score (nSPS) is 17.1. The highest BCUT2D eigenvalue weighted by atomic mass is 127. The molecule has 6 nitrogen and oxygen atoms in total. The van der Waals surface area contributed by atoms with Crippen LogP contribution in [0.4, 0.5) is 13.2 Å². The van der Waals surface area contributed by atoms with Crippen LogP contribution < -0.4 is 11.1 Å². The monoisotopic (exact) mass is 548 g/mol. The fourth-order valence-electron chi connectivity index (χ4n) is 3.26. The van der Waals surface area contributed by atoms with E-state index in [-0.39, 0.29) is 24.0 Å². The Morgan fingerprint density at radius 1 is 1.26 bits per heavy atom. The molecule has 1 aliphatic heterocycles. The third-order valence-corrected chi connectivity index (χ3v) is 4.85. The first-order valence-corrected chi connectivity index (χ1v) is 9.41. The quantitative estimate of drug-likeness (QED) is 0.348. The van der Waals surface area contributed by atoms with Crippen molar-refractivity contribution in [2.24, 2.45) is 10.7 Å². The Hall–Kier alpha value is -2.34. The van der Waals surface area contributed by atoms with Crippen LogP contribution in [-0.2, 0) is 17.5 Å². The van der Waals surface area contributed by atoms with Crippen molar-refractivity contribution in [2.45, 2.75) is 18.8 Å². The van der Waals surface area contributed by atoms with E-state index in [2.05, 4.69) is 10.3 Å². The van der Waals surface area contributed by atoms with Gasteiger partial charge in [0.1, 0.15) is 6.10 Å². The van der Waals surface area contributed by atoms with Gasteiger partial charge in [-0.3, -0.25) is 9.79 Å². The molecule has 0 radical (unpaired) electrons. The van der Waals surface area contributed by atoms with Crippen molar-refractivity contribution in [3.05, 3.63) is 70.8 Å². The van der Waals surface area contributed by atoms with Crippen molar-refractivity contribution in [1.82, 2.24) is 10.2 Å². The van der Waals surface area contributed by atoms with Crippen LogP contribution in [0.3, 0.4) is 0 Å². The number of hydrogen-bond donors (Lipinski definition) is 2. The molecule has 0 spiro atoms. The maximum absolute atomic E-state index is 13.0. The standard InChI is InChI=1S/C21H23F3N4O2.HI/c1-26-20(27-12-14-5-7-15(8-6-14)19(25)29)28-9-10-30-18(13-28)16-3-2-4-17(11-16)21(22,23)24;/h2-8,11,18H,9-10,12-13H2,1H3,(H2,25,29)(H,26,27);1H. The summed E-state index contributed by atoms with van der Waals surface area (Å²) >= 11 is 0. The minimum atomic E-state index is -4.40. The van der Waals surface area contributed by atoms with Gasteiger partial charge in [-0.05, 0) is 35.4 Å². The van der Waals surface area contributed by atoms with Crippen molar-refractivity contribution < 1.29 is 22.7 Å². The van der Waals surface area contributed by atoms with Crippen molar-refractivity contribution in [3.63, 3.8) is 0 Å². The number of rotatable bonds is 4. The van der Waals surface area contributed by atoms with Crippen molar-refractivity contribution in [3.8, 4) is 0 Å². The molecule has 10 heteroatoms. The number of ether oxygens (including phenoxy) is 1. The number of benzene rings is 2. The van der Waals surface area contributed by atoms with Crippen LogP contribution in [0.25, 0.3) is 0 Å². The predicted molar refractivity (Wildman–Crippen MR) is 122 cm³/mol. The lowest BCUT2D eigenvalue weighted by molar-refractivity contribution is -0.137. The summed E-state index contributed by atoms with van der Waals surface area (Å²) in [5.74, 6) is 0.133. The Labute approximate surface area is 195 Å². The Balaban J connectivity index is 0.00000341. The summed E-state index contributed by atoms with van der Waals surface area (Å²) in [7, 11) is 1.65. The fourth-order valence-corrected chi connectivity index (χ4v) is 3.26. The molecule has 0 saturated carbocycles. The SMILES string of the molecule is CN=C(NCc1ccc(C(N)=O)cc1)N1CCOC(c2cccc(C(F)(F)F)c2)C1.I. The first-order valence-electron chi connectivity index (χ1n) is 9.41. The van der Waals surface area contributed by atoms with E-state index in [0.717, 1.165) is 17.7 Å². The Bertz CT molecular complexity index is 920. The molecule has 1 aliphatic rings. The largest absolute Gasteiger partial charge is 0.416 e. The van der Waals surface area contributed by atoms with Gasteiger partial charge in [0.05, 0.1) is 18.7 Å². The number of carbonyl (C=O) groups excluding carboxylic acids is 1. The molecule has 1 unspecified atom stereocenters. The molecule has 0 aliphatic carbocycles. The van der Waals surface area contributed by atoms with E-state index in [1.54, 1.807) is 37.4 Å². The molecule has 3 N–H and O–H groups in total. The summed E-state index contributed by atoms with van der Waals surface area (Å²) < 4.78 is 44.8. The summed E-state index contributed by atoms with van der Waals surface area (Å²) in [6, 6.07) is 12.1. The second kappa shape index (κ2) is 10.8. The number of carbonyl (C=O) groups is 1. The van der Waals surface area contributed by atoms with Gasteiger partial charge in [0.15, 0.2) is 5.96 Å². The number of nitrogens with two attached hydrogens (primary N) is 1. The van der Waals surface area contributed by atoms with Gasteiger partial charge in [-0.15, -0.1) is 24.0 Å². The molecular formula is C21H24F3IN4O2. The fraction of sp³-hybridized carbons (Fsp3) is 0.333. The lowest BCUT2D eigenvalue weighted by Gasteiger charge is -2.35. The average Bonchev–Trinajstić information content (AvgIpc) is 2.74. The van der Waals surface area contributed by atoms with Gasteiger partial charge >= 0.3 is 6.18 Å². The summed E-state index contributed by atoms with van der Waals surface area (Å²) in [5, 5.41) is 3.24. The van der Waals surface area contributed by atoms with Gasteiger partial charge in [0.25, 0.3) is 0 Å². The van der Waals surface area contributed by atoms with Gasteiger partial charge in [-0.1, -0.05) is 24.3 Å². The number of alkyl halides is 3. The molecule has 0 aromatic heterocycles. The molecule has 1 heterocycles. The molecule has 168 valence electrons. The topological polar surface area (TPSA) is 79.9 Å². The molecule has 1 fully saturated rings. The molecule has 3 rings (SSSR count). The van der Waals surface area contributed by atoms with E-state index in [1.807, 2.05) is 4.90 Å². The molecule has 2 aromatic carbocycles. The molecule has 1 saturated heterocycles. The third kappa shape index (κ3) is 6.57. The van der Waals surface area contributed by atoms with Crippen LogP contribution in [0.1, 0.15) is 33.2 Å². The lowest BCUT2D eigenvalue weighted by atomic mass is 10.0.